The van der Waals surface area contributed by atoms with Gasteiger partial charge >= 0.3 is 0 Å². The zero-order chi connectivity index (χ0) is 14.5. The summed E-state index contributed by atoms with van der Waals surface area (Å²) >= 11 is 0. The molecule has 4 nitrogen and oxygen atoms in total. The third kappa shape index (κ3) is 3.52. The van der Waals surface area contributed by atoms with Gasteiger partial charge in [-0.05, 0) is 30.0 Å². The van der Waals surface area contributed by atoms with Crippen LogP contribution >= 0.6 is 0 Å². The van der Waals surface area contributed by atoms with Gasteiger partial charge in [-0.15, -0.1) is 0 Å². The molecule has 1 fully saturated rings. The fraction of sp³-hybridized carbons (Fsp3) is 0.471. The van der Waals surface area contributed by atoms with E-state index in [-0.39, 0.29) is 0 Å². The van der Waals surface area contributed by atoms with Gasteiger partial charge in [0.1, 0.15) is 0 Å². The van der Waals surface area contributed by atoms with E-state index in [1.54, 1.807) is 6.20 Å². The van der Waals surface area contributed by atoms with E-state index in [0.717, 1.165) is 12.2 Å². The van der Waals surface area contributed by atoms with Crippen molar-refractivity contribution in [1.82, 2.24) is 15.5 Å². The van der Waals surface area contributed by atoms with Gasteiger partial charge in [-0.2, -0.15) is 5.10 Å². The van der Waals surface area contributed by atoms with E-state index < -0.39 is 0 Å². The summed E-state index contributed by atoms with van der Waals surface area (Å²) in [5.41, 5.74) is 3.53. The summed E-state index contributed by atoms with van der Waals surface area (Å²) in [6, 6.07) is 11.1. The van der Waals surface area contributed by atoms with Crippen molar-refractivity contribution in [3.63, 3.8) is 0 Å². The van der Waals surface area contributed by atoms with Crippen molar-refractivity contribution < 1.29 is 4.74 Å². The monoisotopic (exact) mass is 285 g/mol. The molecule has 0 radical (unpaired) electrons. The Labute approximate surface area is 125 Å². The van der Waals surface area contributed by atoms with Gasteiger partial charge in [-0.25, -0.2) is 0 Å². The van der Waals surface area contributed by atoms with Crippen LogP contribution in [0.3, 0.4) is 0 Å². The number of methoxy groups -OCH3 is 1. The van der Waals surface area contributed by atoms with Crippen LogP contribution in [0, 0.1) is 0 Å². The number of benzene rings is 1. The topological polar surface area (TPSA) is 49.9 Å². The van der Waals surface area contributed by atoms with E-state index in [9.17, 15) is 0 Å². The molecule has 0 spiro atoms. The third-order valence-corrected chi connectivity index (χ3v) is 4.34. The molecule has 112 valence electrons. The fourth-order valence-corrected chi connectivity index (χ4v) is 3.08. The first-order chi connectivity index (χ1) is 10.4. The summed E-state index contributed by atoms with van der Waals surface area (Å²) in [5.74, 6) is 0. The molecule has 21 heavy (non-hydrogen) atoms. The lowest BCUT2D eigenvalue weighted by atomic mass is 9.92. The first kappa shape index (κ1) is 14.3. The van der Waals surface area contributed by atoms with Crippen LogP contribution in [0.1, 0.15) is 31.2 Å². The molecule has 1 saturated carbocycles. The third-order valence-electron chi connectivity index (χ3n) is 4.34. The minimum Gasteiger partial charge on any atom is -0.380 e. The van der Waals surface area contributed by atoms with E-state index in [0.29, 0.717) is 12.1 Å². The predicted molar refractivity (Wildman–Crippen MR) is 83.9 cm³/mol. The van der Waals surface area contributed by atoms with Crippen molar-refractivity contribution in [2.75, 3.05) is 7.11 Å². The molecule has 0 bridgehead atoms. The molecule has 1 aromatic carbocycles. The van der Waals surface area contributed by atoms with Crippen molar-refractivity contribution in [2.24, 2.45) is 0 Å². The second kappa shape index (κ2) is 6.87. The number of ether oxygens (including phenoxy) is 1. The Balaban J connectivity index is 1.58. The molecule has 0 saturated heterocycles. The standard InChI is InChI=1S/C17H23N3O/c1-21-17-5-3-2-4-16(17)18-12-13-6-8-14(9-7-13)15-10-11-19-20-15/h6-11,16-18H,2-5,12H2,1H3,(H,19,20). The molecule has 1 heterocycles. The van der Waals surface area contributed by atoms with Gasteiger partial charge in [-0.3, -0.25) is 5.10 Å². The summed E-state index contributed by atoms with van der Waals surface area (Å²) in [6.07, 6.45) is 7.12. The number of H-pyrrole nitrogens is 1. The zero-order valence-electron chi connectivity index (χ0n) is 12.5. The van der Waals surface area contributed by atoms with Crippen LogP contribution < -0.4 is 5.32 Å². The highest BCUT2D eigenvalue weighted by atomic mass is 16.5. The van der Waals surface area contributed by atoms with Crippen LogP contribution in [0.4, 0.5) is 0 Å². The maximum atomic E-state index is 5.59. The van der Waals surface area contributed by atoms with Gasteiger partial charge in [0.15, 0.2) is 0 Å². The molecule has 3 rings (SSSR count). The molecular formula is C17H23N3O. The molecule has 2 atom stereocenters. The molecule has 0 amide bonds. The van der Waals surface area contributed by atoms with Crippen LogP contribution in [-0.2, 0) is 11.3 Å². The van der Waals surface area contributed by atoms with Gasteiger partial charge in [0.2, 0.25) is 0 Å². The molecule has 1 aromatic heterocycles. The van der Waals surface area contributed by atoms with Gasteiger partial charge in [0.25, 0.3) is 0 Å². The highest BCUT2D eigenvalue weighted by Gasteiger charge is 2.24. The molecule has 0 aliphatic heterocycles. The van der Waals surface area contributed by atoms with E-state index in [1.165, 1.54) is 36.8 Å². The average Bonchev–Trinajstić information content (AvgIpc) is 3.08. The summed E-state index contributed by atoms with van der Waals surface area (Å²) in [4.78, 5) is 0. The summed E-state index contributed by atoms with van der Waals surface area (Å²) in [6.45, 7) is 0.897. The summed E-state index contributed by atoms with van der Waals surface area (Å²) in [5, 5.41) is 10.6. The van der Waals surface area contributed by atoms with E-state index in [4.69, 9.17) is 4.74 Å². The van der Waals surface area contributed by atoms with Crippen molar-refractivity contribution in [1.29, 1.82) is 0 Å². The molecule has 2 aromatic rings. The van der Waals surface area contributed by atoms with Gasteiger partial charge < -0.3 is 10.1 Å². The van der Waals surface area contributed by atoms with Gasteiger partial charge in [0, 0.05) is 25.9 Å². The Hall–Kier alpha value is -1.65. The Morgan fingerprint density at radius 2 is 2.00 bits per heavy atom. The Morgan fingerprint density at radius 3 is 2.71 bits per heavy atom. The Bertz CT molecular complexity index is 536. The lowest BCUT2D eigenvalue weighted by molar-refractivity contribution is 0.0413. The van der Waals surface area contributed by atoms with Crippen LogP contribution in [0.2, 0.25) is 0 Å². The summed E-state index contributed by atoms with van der Waals surface area (Å²) in [7, 11) is 1.82. The number of hydrogen-bond donors (Lipinski definition) is 2. The minimum atomic E-state index is 0.364. The number of nitrogens with one attached hydrogen (secondary N) is 2. The van der Waals surface area contributed by atoms with Crippen molar-refractivity contribution in [3.8, 4) is 11.3 Å². The molecule has 1 aliphatic carbocycles. The highest BCUT2D eigenvalue weighted by molar-refractivity contribution is 5.58. The number of aromatic amines is 1. The number of rotatable bonds is 5. The molecule has 4 heteroatoms. The maximum Gasteiger partial charge on any atom is 0.0724 e. The number of hydrogen-bond acceptors (Lipinski definition) is 3. The predicted octanol–water partition coefficient (Wildman–Crippen LogP) is 3.12. The van der Waals surface area contributed by atoms with E-state index in [2.05, 4.69) is 39.8 Å². The van der Waals surface area contributed by atoms with Crippen LogP contribution in [0.5, 0.6) is 0 Å². The van der Waals surface area contributed by atoms with Crippen LogP contribution in [0.15, 0.2) is 36.5 Å². The Kier molecular flexibility index (Phi) is 4.68. The minimum absolute atomic E-state index is 0.364. The summed E-state index contributed by atoms with van der Waals surface area (Å²) < 4.78 is 5.59. The zero-order valence-corrected chi connectivity index (χ0v) is 12.5. The quantitative estimate of drug-likeness (QED) is 0.887. The largest absolute Gasteiger partial charge is 0.380 e. The van der Waals surface area contributed by atoms with E-state index >= 15 is 0 Å². The van der Waals surface area contributed by atoms with Crippen LogP contribution in [0.25, 0.3) is 11.3 Å². The molecule has 2 N–H and O–H groups in total. The first-order valence-corrected chi connectivity index (χ1v) is 7.71. The number of aromatic nitrogens is 2. The fourth-order valence-electron chi connectivity index (χ4n) is 3.08. The molecular weight excluding hydrogens is 262 g/mol. The average molecular weight is 285 g/mol. The van der Waals surface area contributed by atoms with Crippen LogP contribution in [-0.4, -0.2) is 29.5 Å². The lowest BCUT2D eigenvalue weighted by Crippen LogP contribution is -2.42. The van der Waals surface area contributed by atoms with Crippen molar-refractivity contribution in [2.45, 2.75) is 44.4 Å². The van der Waals surface area contributed by atoms with Gasteiger partial charge in [0.05, 0.1) is 11.8 Å². The lowest BCUT2D eigenvalue weighted by Gasteiger charge is -2.31. The Morgan fingerprint density at radius 1 is 1.19 bits per heavy atom. The first-order valence-electron chi connectivity index (χ1n) is 7.71. The van der Waals surface area contributed by atoms with Gasteiger partial charge in [-0.1, -0.05) is 37.1 Å². The maximum absolute atomic E-state index is 5.59. The highest BCUT2D eigenvalue weighted by Crippen LogP contribution is 2.21. The second-order valence-electron chi connectivity index (χ2n) is 5.71. The van der Waals surface area contributed by atoms with E-state index in [1.807, 2.05) is 13.2 Å². The normalized spacial score (nSPS) is 22.3. The van der Waals surface area contributed by atoms with Crippen molar-refractivity contribution in [3.05, 3.63) is 42.1 Å². The molecule has 1 aliphatic rings. The smallest absolute Gasteiger partial charge is 0.0724 e. The SMILES string of the molecule is COC1CCCCC1NCc1ccc(-c2ccn[nH]2)cc1. The number of nitrogens with zero attached hydrogens (tertiary/aromatic N) is 1. The van der Waals surface area contributed by atoms with Crippen molar-refractivity contribution >= 4 is 0 Å². The second-order valence-corrected chi connectivity index (χ2v) is 5.71. The molecule has 2 unspecified atom stereocenters.